The fraction of sp³-hybridized carbons (Fsp3) is 0.0545. The van der Waals surface area contributed by atoms with Crippen LogP contribution < -0.4 is 0 Å². The van der Waals surface area contributed by atoms with Gasteiger partial charge >= 0.3 is 0 Å². The Morgan fingerprint density at radius 2 is 0.282 bits per heavy atom. The van der Waals surface area contributed by atoms with E-state index in [0.717, 1.165) is 0 Å². The second-order valence-electron chi connectivity index (χ2n) is 30.4. The van der Waals surface area contributed by atoms with Crippen molar-refractivity contribution in [2.24, 2.45) is 0 Å². The van der Waals surface area contributed by atoms with Gasteiger partial charge in [-0.15, -0.1) is 0 Å². The Kier molecular flexibility index (Phi) is 17.1. The number of benzene rings is 20. The summed E-state index contributed by atoms with van der Waals surface area (Å²) >= 11 is 0. The highest BCUT2D eigenvalue weighted by molar-refractivity contribution is 6.32. The van der Waals surface area contributed by atoms with Gasteiger partial charge in [-0.1, -0.05) is 428 Å². The summed E-state index contributed by atoms with van der Waals surface area (Å²) in [6.07, 6.45) is 0. The largest absolute Gasteiger partial charge is 0.0622 e. The summed E-state index contributed by atoms with van der Waals surface area (Å²) in [5.74, 6) is 0. The maximum atomic E-state index is 2.42. The van der Waals surface area contributed by atoms with E-state index in [1.165, 1.54) is 197 Å². The van der Waals surface area contributed by atoms with Crippen molar-refractivity contribution < 1.29 is 0 Å². The zero-order chi connectivity index (χ0) is 73.9. The van der Waals surface area contributed by atoms with Crippen molar-refractivity contribution in [3.05, 3.63) is 435 Å². The van der Waals surface area contributed by atoms with Crippen LogP contribution in [0.5, 0.6) is 0 Å². The van der Waals surface area contributed by atoms with Gasteiger partial charge in [0.15, 0.2) is 0 Å². The van der Waals surface area contributed by atoms with Crippen LogP contribution in [0.2, 0.25) is 0 Å². The molecule has 0 aliphatic heterocycles. The summed E-state index contributed by atoms with van der Waals surface area (Å²) < 4.78 is 0. The van der Waals surface area contributed by atoms with Crippen LogP contribution in [-0.4, -0.2) is 0 Å². The first-order chi connectivity index (χ1) is 54.2. The van der Waals surface area contributed by atoms with Crippen LogP contribution in [-0.2, 0) is 10.8 Å². The number of hydrogen-bond donors (Lipinski definition) is 0. The maximum absolute atomic E-state index is 2.42. The van der Waals surface area contributed by atoms with Gasteiger partial charge in [0.2, 0.25) is 0 Å². The molecule has 0 spiro atoms. The molecule has 110 heavy (non-hydrogen) atoms. The molecule has 0 saturated heterocycles. The molecule has 520 valence electrons. The van der Waals surface area contributed by atoms with E-state index < -0.39 is 0 Å². The van der Waals surface area contributed by atoms with E-state index in [-0.39, 0.29) is 10.8 Å². The molecular formula is C110H80. The van der Waals surface area contributed by atoms with Gasteiger partial charge in [0.05, 0.1) is 0 Å². The molecule has 0 heteroatoms. The van der Waals surface area contributed by atoms with Gasteiger partial charge in [0.1, 0.15) is 0 Å². The van der Waals surface area contributed by atoms with Crippen LogP contribution in [0.3, 0.4) is 0 Å². The zero-order valence-electron chi connectivity index (χ0n) is 62.3. The summed E-state index contributed by atoms with van der Waals surface area (Å²) in [6.45, 7) is 9.27. The number of hydrogen-bond acceptors (Lipinski definition) is 0. The molecule has 0 aliphatic rings. The average molecular weight is 1400 g/mol. The predicted molar refractivity (Wildman–Crippen MR) is 474 cm³/mol. The van der Waals surface area contributed by atoms with E-state index >= 15 is 0 Å². The highest BCUT2D eigenvalue weighted by Gasteiger charge is 2.29. The number of fused-ring (bicyclic) bond motifs is 8. The van der Waals surface area contributed by atoms with E-state index in [2.05, 4.69) is 440 Å². The molecule has 0 amide bonds. The fourth-order valence-electron chi connectivity index (χ4n) is 17.9. The lowest BCUT2D eigenvalue weighted by Crippen LogP contribution is -2.18. The molecule has 0 aromatic heterocycles. The Morgan fingerprint density at radius 3 is 0.527 bits per heavy atom. The van der Waals surface area contributed by atoms with Gasteiger partial charge in [0.25, 0.3) is 0 Å². The van der Waals surface area contributed by atoms with Gasteiger partial charge in [-0.3, -0.25) is 0 Å². The quantitative estimate of drug-likeness (QED) is 0.107. The first-order valence-electron chi connectivity index (χ1n) is 38.5. The van der Waals surface area contributed by atoms with Crippen LogP contribution in [0.15, 0.2) is 413 Å². The molecule has 20 aromatic rings. The molecule has 0 nitrogen and oxygen atoms in total. The Hall–Kier alpha value is -13.5. The first kappa shape index (κ1) is 67.1. The molecule has 0 saturated carbocycles. The van der Waals surface area contributed by atoms with E-state index in [9.17, 15) is 0 Å². The van der Waals surface area contributed by atoms with Crippen molar-refractivity contribution >= 4 is 86.2 Å². The molecule has 0 bridgehead atoms. The van der Waals surface area contributed by atoms with Crippen molar-refractivity contribution in [2.45, 2.75) is 38.5 Å². The molecule has 0 radical (unpaired) electrons. The van der Waals surface area contributed by atoms with Gasteiger partial charge in [-0.25, -0.2) is 0 Å². The highest BCUT2D eigenvalue weighted by Crippen LogP contribution is 2.54. The molecule has 0 aliphatic carbocycles. The minimum atomic E-state index is -0.108. The second-order valence-corrected chi connectivity index (χ2v) is 30.4. The summed E-state index contributed by atoms with van der Waals surface area (Å²) in [4.78, 5) is 0. The van der Waals surface area contributed by atoms with Crippen LogP contribution >= 0.6 is 0 Å². The third kappa shape index (κ3) is 11.6. The average Bonchev–Trinajstić information content (AvgIpc) is 0.714. The molecule has 0 heterocycles. The summed E-state index contributed by atoms with van der Waals surface area (Å²) in [6, 6.07) is 152. The lowest BCUT2D eigenvalue weighted by molar-refractivity contribution is 0.641. The lowest BCUT2D eigenvalue weighted by atomic mass is 9.77. The maximum Gasteiger partial charge on any atom is 0.0146 e. The minimum absolute atomic E-state index is 0.108. The van der Waals surface area contributed by atoms with E-state index in [4.69, 9.17) is 0 Å². The van der Waals surface area contributed by atoms with Gasteiger partial charge < -0.3 is 0 Å². The Balaban J connectivity index is 0.000000150. The molecular weight excluding hydrogens is 1320 g/mol. The topological polar surface area (TPSA) is 0 Å². The van der Waals surface area contributed by atoms with Gasteiger partial charge in [0, 0.05) is 10.8 Å². The van der Waals surface area contributed by atoms with E-state index in [1.54, 1.807) is 0 Å². The normalized spacial score (nSPS) is 11.8. The summed E-state index contributed by atoms with van der Waals surface area (Å²) in [5, 5.41) is 20.2. The molecule has 0 fully saturated rings. The van der Waals surface area contributed by atoms with Crippen LogP contribution in [0.1, 0.15) is 49.9 Å². The predicted octanol–water partition coefficient (Wildman–Crippen LogP) is 30.6. The molecule has 20 aromatic carbocycles. The fourth-order valence-corrected chi connectivity index (χ4v) is 17.9. The van der Waals surface area contributed by atoms with Crippen molar-refractivity contribution in [3.8, 4) is 89.0 Å². The molecule has 0 atom stereocenters. The highest BCUT2D eigenvalue weighted by atomic mass is 14.3. The zero-order valence-corrected chi connectivity index (χ0v) is 62.3. The standard InChI is InChI=1S/C58H46.C52H34/c1-57(2,41-19-7-5-8-20-41)43-35-31-39(32-36-43)53-45-23-11-15-27-49(45)55(50-28-16-12-24-46(50)53)56-51-29-17-13-25-47(51)54(48-26-14-18-30-52(48)56)40-33-37-44(38-34-40)58(3,4)42-21-9-6-10-22-42;1-5-17-35(18-6-1)39-29-31-45-47(33-39)49(37-21-9-3-10-22-37)41-25-13-15-27-43(41)51(45)52-44-28-16-14-26-42(44)50(38-23-11-4-12-24-38)48-34-40(30-32-46(48)52)36-19-7-2-8-20-36/h5-38H,1-4H3;1-34H. The second kappa shape index (κ2) is 28.0. The Bertz CT molecular complexity index is 6320. The van der Waals surface area contributed by atoms with E-state index in [1.807, 2.05) is 0 Å². The van der Waals surface area contributed by atoms with Gasteiger partial charge in [-0.05, 0) is 210 Å². The van der Waals surface area contributed by atoms with Crippen molar-refractivity contribution in [1.29, 1.82) is 0 Å². The smallest absolute Gasteiger partial charge is 0.0146 e. The lowest BCUT2D eigenvalue weighted by Gasteiger charge is -2.27. The third-order valence-corrected chi connectivity index (χ3v) is 23.5. The van der Waals surface area contributed by atoms with Crippen molar-refractivity contribution in [1.82, 2.24) is 0 Å². The monoisotopic (exact) mass is 1400 g/mol. The van der Waals surface area contributed by atoms with Crippen LogP contribution in [0.4, 0.5) is 0 Å². The third-order valence-electron chi connectivity index (χ3n) is 23.5. The van der Waals surface area contributed by atoms with Crippen molar-refractivity contribution in [2.75, 3.05) is 0 Å². The van der Waals surface area contributed by atoms with Crippen LogP contribution in [0.25, 0.3) is 175 Å². The van der Waals surface area contributed by atoms with E-state index in [0.29, 0.717) is 0 Å². The molecule has 0 unspecified atom stereocenters. The molecule has 0 N–H and O–H groups in total. The number of rotatable bonds is 12. The molecule has 20 rings (SSSR count). The first-order valence-corrected chi connectivity index (χ1v) is 38.5. The SMILES string of the molecule is CC(C)(c1ccccc1)c1ccc(-c2c3ccccc3c(-c3c4ccccc4c(-c4ccc(C(C)(C)c5ccccc5)cc4)c4ccccc34)c3ccccc23)cc1.c1ccc(-c2ccc3c(-c4c5ccccc5c(-c5ccccc5)c5cc(-c6ccccc6)ccc45)c4ccccc4c(-c4ccccc4)c3c2)cc1. The summed E-state index contributed by atoms with van der Waals surface area (Å²) in [5.41, 5.74) is 25.0. The van der Waals surface area contributed by atoms with Crippen LogP contribution in [0, 0.1) is 0 Å². The summed E-state index contributed by atoms with van der Waals surface area (Å²) in [7, 11) is 0. The van der Waals surface area contributed by atoms with Crippen molar-refractivity contribution in [3.63, 3.8) is 0 Å². The Morgan fingerprint density at radius 1 is 0.118 bits per heavy atom. The minimum Gasteiger partial charge on any atom is -0.0622 e. The van der Waals surface area contributed by atoms with Gasteiger partial charge in [-0.2, -0.15) is 0 Å². The Labute approximate surface area is 644 Å².